The molecule has 0 saturated heterocycles. The highest BCUT2D eigenvalue weighted by molar-refractivity contribution is 7.89. The number of Topliss-reactive ketones (excluding diaryl/α,β-unsaturated/α-hetero) is 1. The summed E-state index contributed by atoms with van der Waals surface area (Å²) in [5.74, 6) is -3.76. The monoisotopic (exact) mass is 1040 g/mol. The number of amides is 2. The molecule has 1 atom stereocenters. The van der Waals surface area contributed by atoms with Crippen LogP contribution < -0.4 is 10.6 Å². The number of unbranched alkanes of at least 4 members (excludes halogenated alkanes) is 15. The van der Waals surface area contributed by atoms with E-state index in [0.29, 0.717) is 17.8 Å². The van der Waals surface area contributed by atoms with Crippen molar-refractivity contribution in [3.8, 4) is 5.75 Å². The van der Waals surface area contributed by atoms with Gasteiger partial charge in [0, 0.05) is 37.0 Å². The standard InChI is InChI=1S/C51H71N5O12S3/c1-7-8-9-10-11-12-13-14-15-16-17-18-19-20-21-22-31-56(6)69(61,62)41-29-27-39(28-30-41)53-50(60)43(49(59)51(3,4)5)32-37-23-25-40(26-24-37)54-55-47-45(71(66,67)68)34-38-33-42(70(63,64)65)35-44(52-36(2)57)46(38)48(47)58/h23-30,33-35,43,58H,7-22,31-32H2,1-6H3,(H,52,57)(H,53,60)(H,63,64,65)(H,66,67,68). The number of anilines is 2. The molecule has 4 aromatic carbocycles. The molecule has 0 aromatic heterocycles. The molecule has 5 N–H and O–H groups in total. The Morgan fingerprint density at radius 2 is 1.18 bits per heavy atom. The van der Waals surface area contributed by atoms with E-state index in [0.717, 1.165) is 50.8 Å². The topological polar surface area (TPSA) is 266 Å². The summed E-state index contributed by atoms with van der Waals surface area (Å²) in [5.41, 5.74) is -1.09. The van der Waals surface area contributed by atoms with Gasteiger partial charge in [-0.15, -0.1) is 5.11 Å². The molecule has 0 bridgehead atoms. The van der Waals surface area contributed by atoms with Gasteiger partial charge in [0.2, 0.25) is 21.8 Å². The normalized spacial score (nSPS) is 13.0. The van der Waals surface area contributed by atoms with Gasteiger partial charge in [0.25, 0.3) is 20.2 Å². The quantitative estimate of drug-likeness (QED) is 0.0147. The number of aromatic hydroxyl groups is 1. The maximum atomic E-state index is 13.8. The molecule has 0 aliphatic heterocycles. The zero-order chi connectivity index (χ0) is 52.6. The molecule has 0 radical (unpaired) electrons. The number of phenols is 1. The van der Waals surface area contributed by atoms with Crippen LogP contribution in [-0.4, -0.2) is 75.0 Å². The predicted octanol–water partition coefficient (Wildman–Crippen LogP) is 11.7. The Hall–Kier alpha value is -5.12. The number of carbonyl (C=O) groups is 3. The Kier molecular flexibility index (Phi) is 21.8. The second-order valence-electron chi connectivity index (χ2n) is 19.2. The first-order valence-electron chi connectivity index (χ1n) is 24.3. The van der Waals surface area contributed by atoms with E-state index in [9.17, 15) is 53.8 Å². The van der Waals surface area contributed by atoms with Crippen LogP contribution in [0.1, 0.15) is 143 Å². The largest absolute Gasteiger partial charge is 0.505 e. The summed E-state index contributed by atoms with van der Waals surface area (Å²) in [6.45, 7) is 8.77. The number of azo groups is 1. The summed E-state index contributed by atoms with van der Waals surface area (Å²) >= 11 is 0. The van der Waals surface area contributed by atoms with Crippen molar-refractivity contribution in [3.63, 3.8) is 0 Å². The van der Waals surface area contributed by atoms with Crippen LogP contribution in [-0.2, 0) is 51.1 Å². The van der Waals surface area contributed by atoms with Crippen LogP contribution in [0.15, 0.2) is 91.6 Å². The lowest BCUT2D eigenvalue weighted by Gasteiger charge is -2.24. The zero-order valence-corrected chi connectivity index (χ0v) is 44.2. The fourth-order valence-corrected chi connectivity index (χ4v) is 10.6. The average Bonchev–Trinajstić information content (AvgIpc) is 3.29. The molecule has 0 fully saturated rings. The summed E-state index contributed by atoms with van der Waals surface area (Å²) in [4.78, 5) is 37.8. The number of fused-ring (bicyclic) bond motifs is 1. The fourth-order valence-electron chi connectivity index (χ4n) is 8.18. The minimum absolute atomic E-state index is 0.0498. The Morgan fingerprint density at radius 3 is 1.66 bits per heavy atom. The minimum atomic E-state index is -5.14. The fraction of sp³-hybridized carbons (Fsp3) is 0.510. The van der Waals surface area contributed by atoms with Crippen molar-refractivity contribution < 1.29 is 53.8 Å². The molecule has 2 amide bonds. The lowest BCUT2D eigenvalue weighted by Crippen LogP contribution is -2.38. The first kappa shape index (κ1) is 58.5. The summed E-state index contributed by atoms with van der Waals surface area (Å²) in [6, 6.07) is 14.2. The Balaban J connectivity index is 1.37. The molecule has 0 aliphatic carbocycles. The van der Waals surface area contributed by atoms with Crippen LogP contribution in [0.4, 0.5) is 22.7 Å². The molecular formula is C51H71N5O12S3. The van der Waals surface area contributed by atoms with E-state index in [1.54, 1.807) is 40.0 Å². The number of hydrogen-bond acceptors (Lipinski definition) is 12. The number of benzene rings is 4. The number of sulfonamides is 1. The third-order valence-corrected chi connectivity index (χ3v) is 15.7. The van der Waals surface area contributed by atoms with Gasteiger partial charge in [0.15, 0.2) is 11.5 Å². The van der Waals surface area contributed by atoms with Crippen molar-refractivity contribution in [2.75, 3.05) is 24.2 Å². The molecule has 0 saturated carbocycles. The van der Waals surface area contributed by atoms with E-state index < -0.39 is 74.6 Å². The molecular weight excluding hydrogens is 971 g/mol. The number of carbonyl (C=O) groups excluding carboxylic acids is 3. The van der Waals surface area contributed by atoms with Gasteiger partial charge in [0.05, 0.1) is 21.2 Å². The molecule has 0 spiro atoms. The van der Waals surface area contributed by atoms with Gasteiger partial charge >= 0.3 is 0 Å². The Morgan fingerprint density at radius 1 is 0.662 bits per heavy atom. The Labute approximate surface area is 419 Å². The zero-order valence-electron chi connectivity index (χ0n) is 41.7. The van der Waals surface area contributed by atoms with Crippen LogP contribution in [0, 0.1) is 11.3 Å². The maximum absolute atomic E-state index is 13.8. The van der Waals surface area contributed by atoms with Crippen LogP contribution in [0.25, 0.3) is 10.8 Å². The van der Waals surface area contributed by atoms with Crippen molar-refractivity contribution in [1.29, 1.82) is 0 Å². The van der Waals surface area contributed by atoms with Gasteiger partial charge in [0.1, 0.15) is 16.5 Å². The summed E-state index contributed by atoms with van der Waals surface area (Å²) in [5, 5.41) is 23.6. The second-order valence-corrected chi connectivity index (χ2v) is 24.0. The maximum Gasteiger partial charge on any atom is 0.296 e. The van der Waals surface area contributed by atoms with Crippen molar-refractivity contribution in [2.24, 2.45) is 21.6 Å². The number of ketones is 1. The van der Waals surface area contributed by atoms with Gasteiger partial charge in [-0.25, -0.2) is 12.7 Å². The van der Waals surface area contributed by atoms with E-state index in [-0.39, 0.29) is 39.2 Å². The highest BCUT2D eigenvalue weighted by Crippen LogP contribution is 2.45. The van der Waals surface area contributed by atoms with Gasteiger partial charge in [-0.05, 0) is 78.4 Å². The first-order chi connectivity index (χ1) is 33.3. The van der Waals surface area contributed by atoms with Crippen LogP contribution >= 0.6 is 0 Å². The van der Waals surface area contributed by atoms with E-state index in [2.05, 4.69) is 27.8 Å². The molecule has 4 aromatic rings. The molecule has 17 nitrogen and oxygen atoms in total. The van der Waals surface area contributed by atoms with Crippen LogP contribution in [0.2, 0.25) is 0 Å². The van der Waals surface area contributed by atoms with Crippen LogP contribution in [0.3, 0.4) is 0 Å². The van der Waals surface area contributed by atoms with E-state index in [1.807, 2.05) is 0 Å². The predicted molar refractivity (Wildman–Crippen MR) is 276 cm³/mol. The summed E-state index contributed by atoms with van der Waals surface area (Å²) in [6.07, 6.45) is 19.7. The van der Waals surface area contributed by atoms with Crippen molar-refractivity contribution in [1.82, 2.24) is 4.31 Å². The first-order valence-corrected chi connectivity index (χ1v) is 28.6. The molecule has 1 unspecified atom stereocenters. The van der Waals surface area contributed by atoms with Crippen molar-refractivity contribution in [3.05, 3.63) is 72.3 Å². The van der Waals surface area contributed by atoms with Gasteiger partial charge < -0.3 is 15.7 Å². The molecule has 390 valence electrons. The second kappa shape index (κ2) is 26.5. The smallest absolute Gasteiger partial charge is 0.296 e. The molecule has 71 heavy (non-hydrogen) atoms. The number of hydrogen-bond donors (Lipinski definition) is 5. The lowest BCUT2D eigenvalue weighted by atomic mass is 9.80. The Bertz CT molecular complexity index is 2830. The molecule has 4 rings (SSSR count). The highest BCUT2D eigenvalue weighted by Gasteiger charge is 2.35. The van der Waals surface area contributed by atoms with E-state index >= 15 is 0 Å². The number of nitrogens with one attached hydrogen (secondary N) is 2. The number of rotatable bonds is 29. The lowest BCUT2D eigenvalue weighted by molar-refractivity contribution is -0.136. The number of nitrogens with zero attached hydrogens (tertiary/aromatic N) is 3. The van der Waals surface area contributed by atoms with Gasteiger partial charge in [-0.3, -0.25) is 23.5 Å². The number of phenolic OH excluding ortho intramolecular Hbond substituents is 1. The molecule has 0 heterocycles. The van der Waals surface area contributed by atoms with Crippen LogP contribution in [0.5, 0.6) is 5.75 Å². The SMILES string of the molecule is CCCCCCCCCCCCCCCCCCN(C)S(=O)(=O)c1ccc(NC(=O)C(Cc2ccc(N=Nc3c(S(=O)(=O)O)cc4cc(S(=O)(=O)O)cc(NC(C)=O)c4c3O)cc2)C(=O)C(C)(C)C)cc1. The van der Waals surface area contributed by atoms with E-state index in [4.69, 9.17) is 0 Å². The van der Waals surface area contributed by atoms with Crippen molar-refractivity contribution in [2.45, 2.75) is 158 Å². The van der Waals surface area contributed by atoms with Crippen molar-refractivity contribution >= 4 is 81.4 Å². The average molecular weight is 1040 g/mol. The summed E-state index contributed by atoms with van der Waals surface area (Å²) < 4.78 is 96.6. The highest BCUT2D eigenvalue weighted by atomic mass is 32.2. The van der Waals surface area contributed by atoms with Gasteiger partial charge in [-0.2, -0.15) is 21.9 Å². The third-order valence-electron chi connectivity index (χ3n) is 12.2. The minimum Gasteiger partial charge on any atom is -0.505 e. The van der Waals surface area contributed by atoms with E-state index in [1.165, 1.54) is 118 Å². The molecule has 20 heteroatoms. The third kappa shape index (κ3) is 17.9. The summed E-state index contributed by atoms with van der Waals surface area (Å²) in [7, 11) is -12.3. The van der Waals surface area contributed by atoms with Gasteiger partial charge in [-0.1, -0.05) is 136 Å². The molecule has 0 aliphatic rings.